The lowest BCUT2D eigenvalue weighted by atomic mass is 9.93. The molecule has 0 radical (unpaired) electrons. The second kappa shape index (κ2) is 9.92. The molecule has 7 heteroatoms. The molecule has 0 saturated carbocycles. The molecule has 0 bridgehead atoms. The molecule has 1 aromatic heterocycles. The van der Waals surface area contributed by atoms with Crippen LogP contribution < -0.4 is 10.6 Å². The van der Waals surface area contributed by atoms with Crippen LogP contribution in [0.15, 0.2) is 47.7 Å². The Labute approximate surface area is 166 Å². The quantitative estimate of drug-likeness (QED) is 0.591. The van der Waals surface area contributed by atoms with E-state index in [1.807, 2.05) is 48.3 Å². The van der Waals surface area contributed by atoms with Gasteiger partial charge in [0, 0.05) is 46.3 Å². The molecule has 2 aromatic rings. The van der Waals surface area contributed by atoms with E-state index in [1.54, 1.807) is 7.05 Å². The van der Waals surface area contributed by atoms with Crippen LogP contribution in [-0.2, 0) is 11.2 Å². The molecule has 0 unspecified atom stereocenters. The van der Waals surface area contributed by atoms with Crippen molar-refractivity contribution in [3.8, 4) is 5.69 Å². The van der Waals surface area contributed by atoms with E-state index in [2.05, 4.69) is 31.8 Å². The van der Waals surface area contributed by atoms with Crippen molar-refractivity contribution in [2.45, 2.75) is 25.7 Å². The Morgan fingerprint density at radius 1 is 1.25 bits per heavy atom. The number of piperidine rings is 1. The first-order valence-electron chi connectivity index (χ1n) is 9.94. The number of nitrogens with zero attached hydrogens (tertiary/aromatic N) is 4. The summed E-state index contributed by atoms with van der Waals surface area (Å²) in [4.78, 5) is 18.3. The highest BCUT2D eigenvalue weighted by Gasteiger charge is 2.22. The Kier molecular flexibility index (Phi) is 7.06. The monoisotopic (exact) mass is 382 g/mol. The van der Waals surface area contributed by atoms with Gasteiger partial charge in [0.1, 0.15) is 0 Å². The summed E-state index contributed by atoms with van der Waals surface area (Å²) in [6, 6.07) is 10.1. The summed E-state index contributed by atoms with van der Waals surface area (Å²) in [5.74, 6) is 1.55. The number of likely N-dealkylation sites (tertiary alicyclic amines) is 1. The Hall–Kier alpha value is -2.83. The molecular formula is C21H30N6O. The van der Waals surface area contributed by atoms with Gasteiger partial charge in [-0.3, -0.25) is 9.79 Å². The summed E-state index contributed by atoms with van der Waals surface area (Å²) in [6.45, 7) is 2.69. The summed E-state index contributed by atoms with van der Waals surface area (Å²) in [5.41, 5.74) is 2.26. The van der Waals surface area contributed by atoms with Gasteiger partial charge in [-0.25, -0.2) is 4.68 Å². The van der Waals surface area contributed by atoms with Crippen LogP contribution in [-0.4, -0.2) is 60.3 Å². The van der Waals surface area contributed by atoms with Crippen LogP contribution in [0.3, 0.4) is 0 Å². The number of hydrogen-bond acceptors (Lipinski definition) is 3. The molecule has 1 saturated heterocycles. The van der Waals surface area contributed by atoms with Gasteiger partial charge >= 0.3 is 0 Å². The number of hydrogen-bond donors (Lipinski definition) is 2. The first-order chi connectivity index (χ1) is 13.7. The number of nitrogens with one attached hydrogen (secondary N) is 2. The van der Waals surface area contributed by atoms with Crippen LogP contribution in [0.25, 0.3) is 5.69 Å². The molecule has 3 rings (SSSR count). The molecular weight excluding hydrogens is 352 g/mol. The van der Waals surface area contributed by atoms with E-state index < -0.39 is 0 Å². The smallest absolute Gasteiger partial charge is 0.220 e. The fourth-order valence-corrected chi connectivity index (χ4v) is 3.58. The number of guanidine groups is 1. The van der Waals surface area contributed by atoms with Crippen LogP contribution >= 0.6 is 0 Å². The first-order valence-corrected chi connectivity index (χ1v) is 9.94. The van der Waals surface area contributed by atoms with Gasteiger partial charge in [-0.1, -0.05) is 18.2 Å². The normalized spacial score (nSPS) is 15.5. The minimum atomic E-state index is 0.136. The number of carbonyl (C=O) groups excluding carboxylic acids is 1. The predicted molar refractivity (Wildman–Crippen MR) is 112 cm³/mol. The first kappa shape index (κ1) is 19.9. The molecule has 1 aliphatic heterocycles. The topological polar surface area (TPSA) is 74.5 Å². The van der Waals surface area contributed by atoms with Gasteiger partial charge < -0.3 is 15.5 Å². The molecule has 7 nitrogen and oxygen atoms in total. The standard InChI is InChI=1S/C21H30N6O/c1-22-20(28)14-17-9-12-26(13-10-17)21(23-2)24-11-8-18-15-25-27(16-18)19-6-4-3-5-7-19/h3-7,15-17H,8-14H2,1-2H3,(H,22,28)(H,23,24). The van der Waals surface area contributed by atoms with E-state index in [-0.39, 0.29) is 5.91 Å². The number of aromatic nitrogens is 2. The summed E-state index contributed by atoms with van der Waals surface area (Å²) < 4.78 is 1.90. The number of para-hydroxylation sites is 1. The minimum Gasteiger partial charge on any atom is -0.359 e. The largest absolute Gasteiger partial charge is 0.359 e. The maximum atomic E-state index is 11.6. The average molecular weight is 383 g/mol. The predicted octanol–water partition coefficient (Wildman–Crippen LogP) is 1.84. The van der Waals surface area contributed by atoms with Gasteiger partial charge in [0.2, 0.25) is 5.91 Å². The van der Waals surface area contributed by atoms with Crippen molar-refractivity contribution in [2.24, 2.45) is 10.9 Å². The van der Waals surface area contributed by atoms with E-state index >= 15 is 0 Å². The SMILES string of the molecule is CN=C(NCCc1cnn(-c2ccccc2)c1)N1CCC(CC(=O)NC)CC1. The molecule has 2 N–H and O–H groups in total. The Balaban J connectivity index is 1.44. The Bertz CT molecular complexity index is 777. The minimum absolute atomic E-state index is 0.136. The zero-order valence-electron chi connectivity index (χ0n) is 16.8. The number of amides is 1. The third-order valence-corrected chi connectivity index (χ3v) is 5.23. The summed E-state index contributed by atoms with van der Waals surface area (Å²) in [5, 5.41) is 10.6. The van der Waals surface area contributed by atoms with Crippen molar-refractivity contribution in [2.75, 3.05) is 33.7 Å². The number of benzene rings is 1. The van der Waals surface area contributed by atoms with Crippen LogP contribution in [0.4, 0.5) is 0 Å². The molecule has 1 amide bonds. The molecule has 1 fully saturated rings. The summed E-state index contributed by atoms with van der Waals surface area (Å²) in [6.07, 6.45) is 7.56. The molecule has 1 aromatic carbocycles. The highest BCUT2D eigenvalue weighted by Crippen LogP contribution is 2.20. The maximum absolute atomic E-state index is 11.6. The average Bonchev–Trinajstić information content (AvgIpc) is 3.21. The van der Waals surface area contributed by atoms with Crippen molar-refractivity contribution in [3.05, 3.63) is 48.3 Å². The second-order valence-corrected chi connectivity index (χ2v) is 7.16. The van der Waals surface area contributed by atoms with Gasteiger partial charge in [-0.2, -0.15) is 5.10 Å². The third-order valence-electron chi connectivity index (χ3n) is 5.23. The highest BCUT2D eigenvalue weighted by molar-refractivity contribution is 5.80. The van der Waals surface area contributed by atoms with Gasteiger partial charge in [0.15, 0.2) is 5.96 Å². The second-order valence-electron chi connectivity index (χ2n) is 7.16. The Morgan fingerprint density at radius 2 is 2.00 bits per heavy atom. The van der Waals surface area contributed by atoms with Gasteiger partial charge in [-0.15, -0.1) is 0 Å². The zero-order chi connectivity index (χ0) is 19.8. The van der Waals surface area contributed by atoms with Gasteiger partial charge in [0.25, 0.3) is 0 Å². The summed E-state index contributed by atoms with van der Waals surface area (Å²) in [7, 11) is 3.53. The van der Waals surface area contributed by atoms with Crippen LogP contribution in [0.1, 0.15) is 24.8 Å². The molecule has 0 aliphatic carbocycles. The molecule has 150 valence electrons. The molecule has 0 spiro atoms. The fourth-order valence-electron chi connectivity index (χ4n) is 3.58. The van der Waals surface area contributed by atoms with Crippen molar-refractivity contribution in [3.63, 3.8) is 0 Å². The molecule has 28 heavy (non-hydrogen) atoms. The fraction of sp³-hybridized carbons (Fsp3) is 0.476. The van der Waals surface area contributed by atoms with Crippen LogP contribution in [0.5, 0.6) is 0 Å². The van der Waals surface area contributed by atoms with Crippen LogP contribution in [0.2, 0.25) is 0 Å². The number of rotatable bonds is 6. The van der Waals surface area contributed by atoms with Crippen molar-refractivity contribution >= 4 is 11.9 Å². The molecule has 2 heterocycles. The Morgan fingerprint density at radius 3 is 2.68 bits per heavy atom. The van der Waals surface area contributed by atoms with Crippen molar-refractivity contribution < 1.29 is 4.79 Å². The van der Waals surface area contributed by atoms with Crippen molar-refractivity contribution in [1.29, 1.82) is 0 Å². The van der Waals surface area contributed by atoms with E-state index in [0.717, 1.165) is 50.5 Å². The number of aliphatic imine (C=N–C) groups is 1. The van der Waals surface area contributed by atoms with E-state index in [1.165, 1.54) is 5.56 Å². The summed E-state index contributed by atoms with van der Waals surface area (Å²) >= 11 is 0. The number of carbonyl (C=O) groups is 1. The molecule has 1 aliphatic rings. The lowest BCUT2D eigenvalue weighted by Crippen LogP contribution is -2.46. The van der Waals surface area contributed by atoms with Crippen molar-refractivity contribution in [1.82, 2.24) is 25.3 Å². The van der Waals surface area contributed by atoms with E-state index in [0.29, 0.717) is 12.3 Å². The van der Waals surface area contributed by atoms with Crippen LogP contribution in [0, 0.1) is 5.92 Å². The lowest BCUT2D eigenvalue weighted by Gasteiger charge is -2.34. The zero-order valence-corrected chi connectivity index (χ0v) is 16.8. The van der Waals surface area contributed by atoms with E-state index in [4.69, 9.17) is 0 Å². The van der Waals surface area contributed by atoms with Gasteiger partial charge in [-0.05, 0) is 42.9 Å². The highest BCUT2D eigenvalue weighted by atomic mass is 16.1. The van der Waals surface area contributed by atoms with Gasteiger partial charge in [0.05, 0.1) is 11.9 Å². The van der Waals surface area contributed by atoms with E-state index in [9.17, 15) is 4.79 Å². The lowest BCUT2D eigenvalue weighted by molar-refractivity contribution is -0.121. The third kappa shape index (κ3) is 5.34. The maximum Gasteiger partial charge on any atom is 0.220 e. The molecule has 0 atom stereocenters.